The van der Waals surface area contributed by atoms with Crippen LogP contribution in [0.25, 0.3) is 22.3 Å². The molecule has 5 aromatic rings. The summed E-state index contributed by atoms with van der Waals surface area (Å²) in [6.07, 6.45) is 5.53. The van der Waals surface area contributed by atoms with Crippen molar-refractivity contribution in [3.63, 3.8) is 0 Å². The number of benzene rings is 1. The van der Waals surface area contributed by atoms with Crippen molar-refractivity contribution in [3.05, 3.63) is 89.9 Å². The Morgan fingerprint density at radius 3 is 2.63 bits per heavy atom. The van der Waals surface area contributed by atoms with Crippen LogP contribution in [0.4, 0.5) is 5.82 Å². The van der Waals surface area contributed by atoms with E-state index >= 15 is 0 Å². The molecule has 0 aliphatic rings. The first-order chi connectivity index (χ1) is 14.7. The van der Waals surface area contributed by atoms with Gasteiger partial charge in [-0.05, 0) is 55.5 Å². The van der Waals surface area contributed by atoms with Crippen LogP contribution in [0.3, 0.4) is 0 Å². The Morgan fingerprint density at radius 2 is 1.90 bits per heavy atom. The van der Waals surface area contributed by atoms with Crippen molar-refractivity contribution >= 4 is 23.1 Å². The highest BCUT2D eigenvalue weighted by Crippen LogP contribution is 2.27. The van der Waals surface area contributed by atoms with Gasteiger partial charge < -0.3 is 14.3 Å². The first-order valence-corrected chi connectivity index (χ1v) is 10.2. The van der Waals surface area contributed by atoms with Crippen LogP contribution in [-0.4, -0.2) is 25.2 Å². The number of aromatic nitrogens is 4. The summed E-state index contributed by atoms with van der Waals surface area (Å²) in [6.45, 7) is 1.87. The summed E-state index contributed by atoms with van der Waals surface area (Å²) in [6, 6.07) is 16.8. The molecule has 0 saturated heterocycles. The summed E-state index contributed by atoms with van der Waals surface area (Å²) in [5.74, 6) is 1.04. The van der Waals surface area contributed by atoms with Gasteiger partial charge in [0, 0.05) is 35.1 Å². The lowest BCUT2D eigenvalue weighted by Gasteiger charge is -2.08. The van der Waals surface area contributed by atoms with E-state index in [0.717, 1.165) is 17.1 Å². The van der Waals surface area contributed by atoms with E-state index in [0.29, 0.717) is 22.3 Å². The van der Waals surface area contributed by atoms with Crippen molar-refractivity contribution in [1.82, 2.24) is 19.3 Å². The summed E-state index contributed by atoms with van der Waals surface area (Å²) in [5.41, 5.74) is 3.06. The predicted molar refractivity (Wildman–Crippen MR) is 115 cm³/mol. The molecule has 5 rings (SSSR count). The Labute approximate surface area is 176 Å². The van der Waals surface area contributed by atoms with Crippen LogP contribution in [0.2, 0.25) is 0 Å². The second-order valence-electron chi connectivity index (χ2n) is 6.67. The Kier molecular flexibility index (Phi) is 4.53. The third-order valence-electron chi connectivity index (χ3n) is 4.55. The number of carbonyl (C=O) groups is 1. The number of hydrogen-bond donors (Lipinski definition) is 1. The maximum atomic E-state index is 12.8. The second-order valence-corrected chi connectivity index (χ2v) is 7.50. The highest BCUT2D eigenvalue weighted by Gasteiger charge is 2.16. The standard InChI is InChI=1S/C22H17N5O2S/c1-15-13-20(27(25-15)22-23-18(14-30-22)19-5-4-12-29-19)24-21(28)16-6-8-17(9-7-16)26-10-2-3-11-26/h2-14H,1H3,(H,24,28). The lowest BCUT2D eigenvalue weighted by atomic mass is 10.2. The van der Waals surface area contributed by atoms with Gasteiger partial charge in [-0.2, -0.15) is 9.78 Å². The van der Waals surface area contributed by atoms with Crippen LogP contribution in [0.5, 0.6) is 0 Å². The second kappa shape index (κ2) is 7.49. The molecule has 0 aliphatic carbocycles. The van der Waals surface area contributed by atoms with Crippen molar-refractivity contribution in [2.75, 3.05) is 5.32 Å². The van der Waals surface area contributed by atoms with Crippen molar-refractivity contribution in [3.8, 4) is 22.3 Å². The number of aryl methyl sites for hydroxylation is 1. The van der Waals surface area contributed by atoms with E-state index in [1.165, 1.54) is 11.3 Å². The molecule has 1 aromatic carbocycles. The fraction of sp³-hybridized carbons (Fsp3) is 0.0455. The summed E-state index contributed by atoms with van der Waals surface area (Å²) in [5, 5.41) is 9.97. The van der Waals surface area contributed by atoms with Crippen molar-refractivity contribution < 1.29 is 9.21 Å². The lowest BCUT2D eigenvalue weighted by molar-refractivity contribution is 0.102. The maximum absolute atomic E-state index is 12.8. The number of hydrogen-bond acceptors (Lipinski definition) is 5. The van der Waals surface area contributed by atoms with Crippen molar-refractivity contribution in [1.29, 1.82) is 0 Å². The molecule has 1 amide bonds. The summed E-state index contributed by atoms with van der Waals surface area (Å²) >= 11 is 1.43. The molecule has 0 atom stereocenters. The van der Waals surface area contributed by atoms with Gasteiger partial charge in [-0.15, -0.1) is 11.3 Å². The first-order valence-electron chi connectivity index (χ1n) is 9.28. The van der Waals surface area contributed by atoms with E-state index in [1.54, 1.807) is 23.1 Å². The molecule has 0 unspecified atom stereocenters. The largest absolute Gasteiger partial charge is 0.463 e. The topological polar surface area (TPSA) is 77.9 Å². The first kappa shape index (κ1) is 18.1. The highest BCUT2D eigenvalue weighted by atomic mass is 32.1. The van der Waals surface area contributed by atoms with Crippen LogP contribution in [-0.2, 0) is 0 Å². The van der Waals surface area contributed by atoms with Crippen LogP contribution in [0.1, 0.15) is 16.1 Å². The average molecular weight is 415 g/mol. The highest BCUT2D eigenvalue weighted by molar-refractivity contribution is 7.12. The Hall–Kier alpha value is -3.91. The molecule has 0 spiro atoms. The molecule has 7 nitrogen and oxygen atoms in total. The molecule has 1 N–H and O–H groups in total. The normalized spacial score (nSPS) is 11.0. The lowest BCUT2D eigenvalue weighted by Crippen LogP contribution is -2.15. The Bertz CT molecular complexity index is 1280. The van der Waals surface area contributed by atoms with E-state index in [-0.39, 0.29) is 5.91 Å². The van der Waals surface area contributed by atoms with E-state index in [1.807, 2.05) is 71.7 Å². The molecule has 0 bridgehead atoms. The number of rotatable bonds is 5. The van der Waals surface area contributed by atoms with Gasteiger partial charge in [0.2, 0.25) is 5.13 Å². The molecule has 8 heteroatoms. The molecule has 0 radical (unpaired) electrons. The SMILES string of the molecule is Cc1cc(NC(=O)c2ccc(-n3cccc3)cc2)n(-c2nc(-c3ccco3)cs2)n1. The predicted octanol–water partition coefficient (Wildman–Crippen LogP) is 4.94. The molecule has 4 heterocycles. The van der Waals surface area contributed by atoms with Gasteiger partial charge in [-0.1, -0.05) is 0 Å². The van der Waals surface area contributed by atoms with Crippen LogP contribution in [0.15, 0.2) is 83.1 Å². The number of carbonyl (C=O) groups excluding carboxylic acids is 1. The quantitative estimate of drug-likeness (QED) is 0.441. The van der Waals surface area contributed by atoms with Gasteiger partial charge in [0.05, 0.1) is 12.0 Å². The molecular weight excluding hydrogens is 398 g/mol. The Balaban J connectivity index is 1.38. The molecule has 148 valence electrons. The fourth-order valence-corrected chi connectivity index (χ4v) is 3.89. The molecular formula is C22H17N5O2S. The number of thiazole rings is 1. The van der Waals surface area contributed by atoms with Crippen molar-refractivity contribution in [2.45, 2.75) is 6.92 Å². The van der Waals surface area contributed by atoms with E-state index < -0.39 is 0 Å². The minimum absolute atomic E-state index is 0.210. The Morgan fingerprint density at radius 1 is 1.10 bits per heavy atom. The van der Waals surface area contributed by atoms with Crippen molar-refractivity contribution in [2.24, 2.45) is 0 Å². The zero-order valence-electron chi connectivity index (χ0n) is 16.0. The summed E-state index contributed by atoms with van der Waals surface area (Å²) in [7, 11) is 0. The number of anilines is 1. The molecule has 0 aliphatic heterocycles. The van der Waals surface area contributed by atoms with Gasteiger partial charge in [0.25, 0.3) is 5.91 Å². The monoisotopic (exact) mass is 415 g/mol. The van der Waals surface area contributed by atoms with Gasteiger partial charge in [-0.3, -0.25) is 4.79 Å². The minimum Gasteiger partial charge on any atom is -0.463 e. The number of nitrogens with one attached hydrogen (secondary N) is 1. The van der Waals surface area contributed by atoms with E-state index in [4.69, 9.17) is 4.42 Å². The van der Waals surface area contributed by atoms with Gasteiger partial charge in [0.15, 0.2) is 5.76 Å². The third-order valence-corrected chi connectivity index (χ3v) is 5.37. The molecule has 0 fully saturated rings. The number of nitrogens with zero attached hydrogens (tertiary/aromatic N) is 4. The summed E-state index contributed by atoms with van der Waals surface area (Å²) in [4.78, 5) is 17.4. The third kappa shape index (κ3) is 3.44. The zero-order valence-corrected chi connectivity index (χ0v) is 16.8. The van der Waals surface area contributed by atoms with Crippen LogP contribution in [0, 0.1) is 6.92 Å². The van der Waals surface area contributed by atoms with E-state index in [9.17, 15) is 4.79 Å². The van der Waals surface area contributed by atoms with Crippen LogP contribution < -0.4 is 5.32 Å². The van der Waals surface area contributed by atoms with Gasteiger partial charge in [-0.25, -0.2) is 4.98 Å². The zero-order chi connectivity index (χ0) is 20.5. The molecule has 30 heavy (non-hydrogen) atoms. The maximum Gasteiger partial charge on any atom is 0.256 e. The van der Waals surface area contributed by atoms with Gasteiger partial charge in [0.1, 0.15) is 11.5 Å². The number of amides is 1. The smallest absolute Gasteiger partial charge is 0.256 e. The molecule has 0 saturated carbocycles. The number of furan rings is 1. The fourth-order valence-electron chi connectivity index (χ4n) is 3.11. The van der Waals surface area contributed by atoms with E-state index in [2.05, 4.69) is 15.4 Å². The minimum atomic E-state index is -0.210. The average Bonchev–Trinajstić information content (AvgIpc) is 3.54. The van der Waals surface area contributed by atoms with Gasteiger partial charge >= 0.3 is 0 Å². The molecule has 4 aromatic heterocycles. The van der Waals surface area contributed by atoms with Crippen LogP contribution >= 0.6 is 11.3 Å². The summed E-state index contributed by atoms with van der Waals surface area (Å²) < 4.78 is 9.03.